The summed E-state index contributed by atoms with van der Waals surface area (Å²) < 4.78 is 11.9. The van der Waals surface area contributed by atoms with Gasteiger partial charge in [-0.1, -0.05) is 29.8 Å². The van der Waals surface area contributed by atoms with Crippen LogP contribution in [0.15, 0.2) is 46.4 Å². The second-order valence-electron chi connectivity index (χ2n) is 5.78. The van der Waals surface area contributed by atoms with Crippen molar-refractivity contribution in [1.29, 1.82) is 5.26 Å². The molecule has 0 aliphatic carbocycles. The highest BCUT2D eigenvalue weighted by molar-refractivity contribution is 9.10. The van der Waals surface area contributed by atoms with Gasteiger partial charge in [-0.25, -0.2) is 0 Å². The van der Waals surface area contributed by atoms with Crippen LogP contribution in [0.3, 0.4) is 0 Å². The molecule has 1 amide bonds. The molecule has 0 aliphatic heterocycles. The van der Waals surface area contributed by atoms with Crippen molar-refractivity contribution in [2.24, 2.45) is 0 Å². The number of nitrogens with zero attached hydrogens (tertiary/aromatic N) is 2. The van der Waals surface area contributed by atoms with Gasteiger partial charge < -0.3 is 14.4 Å². The minimum atomic E-state index is -0.369. The van der Waals surface area contributed by atoms with Crippen molar-refractivity contribution in [2.75, 3.05) is 21.2 Å². The molecule has 0 aliphatic rings. The number of likely N-dealkylation sites (N-methyl/N-ethyl adjacent to an activating group) is 1. The minimum absolute atomic E-state index is 0.0266. The number of nitriles is 1. The number of halogens is 2. The van der Waals surface area contributed by atoms with Crippen LogP contribution in [0.2, 0.25) is 5.02 Å². The van der Waals surface area contributed by atoms with Gasteiger partial charge in [-0.15, -0.1) is 0 Å². The number of rotatable bonds is 6. The predicted molar refractivity (Wildman–Crippen MR) is 109 cm³/mol. The second-order valence-corrected chi connectivity index (χ2v) is 7.05. The summed E-state index contributed by atoms with van der Waals surface area (Å²) >= 11 is 9.62. The Balaban J connectivity index is 2.33. The molecule has 5 nitrogen and oxygen atoms in total. The standard InChI is InChI=1S/C20H18BrClN2O3/c1-24(2)20(25)15(11-23)8-13-9-16(21)19(18(10-13)26-3)27-12-14-6-4-5-7-17(14)22/h4-10H,12H2,1-3H3/b15-8+. The van der Waals surface area contributed by atoms with Gasteiger partial charge in [-0.05, 0) is 45.8 Å². The topological polar surface area (TPSA) is 62.6 Å². The van der Waals surface area contributed by atoms with E-state index in [2.05, 4.69) is 15.9 Å². The lowest BCUT2D eigenvalue weighted by Crippen LogP contribution is -2.22. The third-order valence-corrected chi connectivity index (χ3v) is 4.61. The van der Waals surface area contributed by atoms with Crippen LogP contribution < -0.4 is 9.47 Å². The molecule has 2 aromatic rings. The van der Waals surface area contributed by atoms with Crippen LogP contribution in [0.25, 0.3) is 6.08 Å². The zero-order valence-electron chi connectivity index (χ0n) is 15.1. The first-order valence-electron chi connectivity index (χ1n) is 7.94. The van der Waals surface area contributed by atoms with Crippen LogP contribution in [0.5, 0.6) is 11.5 Å². The van der Waals surface area contributed by atoms with Crippen molar-refractivity contribution in [1.82, 2.24) is 4.90 Å². The molecule has 0 aromatic heterocycles. The van der Waals surface area contributed by atoms with E-state index >= 15 is 0 Å². The van der Waals surface area contributed by atoms with E-state index < -0.39 is 0 Å². The van der Waals surface area contributed by atoms with E-state index in [4.69, 9.17) is 21.1 Å². The van der Waals surface area contributed by atoms with Gasteiger partial charge in [-0.2, -0.15) is 5.26 Å². The molecular formula is C20H18BrClN2O3. The molecule has 0 saturated heterocycles. The molecule has 140 valence electrons. The van der Waals surface area contributed by atoms with E-state index in [0.717, 1.165) is 5.56 Å². The zero-order valence-corrected chi connectivity index (χ0v) is 17.5. The first-order valence-corrected chi connectivity index (χ1v) is 9.11. The van der Waals surface area contributed by atoms with Gasteiger partial charge in [0.2, 0.25) is 0 Å². The molecule has 0 heterocycles. The summed E-state index contributed by atoms with van der Waals surface area (Å²) in [7, 11) is 4.71. The second kappa shape index (κ2) is 9.45. The Labute approximate surface area is 171 Å². The maximum absolute atomic E-state index is 12.0. The van der Waals surface area contributed by atoms with Gasteiger partial charge in [0.25, 0.3) is 5.91 Å². The molecule has 0 atom stereocenters. The molecule has 2 rings (SSSR count). The molecule has 2 aromatic carbocycles. The summed E-state index contributed by atoms with van der Waals surface area (Å²) in [6, 6.07) is 12.8. The Morgan fingerprint density at radius 1 is 1.33 bits per heavy atom. The van der Waals surface area contributed by atoms with Gasteiger partial charge in [0.05, 0.1) is 11.6 Å². The van der Waals surface area contributed by atoms with Gasteiger partial charge in [0.15, 0.2) is 11.5 Å². The van der Waals surface area contributed by atoms with Crippen molar-refractivity contribution in [2.45, 2.75) is 6.61 Å². The number of benzene rings is 2. The van der Waals surface area contributed by atoms with Crippen LogP contribution in [-0.2, 0) is 11.4 Å². The number of hydrogen-bond donors (Lipinski definition) is 0. The minimum Gasteiger partial charge on any atom is -0.493 e. The van der Waals surface area contributed by atoms with E-state index in [0.29, 0.717) is 26.6 Å². The van der Waals surface area contributed by atoms with Gasteiger partial charge in [0, 0.05) is 24.7 Å². The molecule has 0 fully saturated rings. The van der Waals surface area contributed by atoms with E-state index in [1.54, 1.807) is 32.3 Å². The summed E-state index contributed by atoms with van der Waals surface area (Å²) in [4.78, 5) is 13.4. The Hall–Kier alpha value is -2.49. The van der Waals surface area contributed by atoms with Crippen LogP contribution in [0.4, 0.5) is 0 Å². The van der Waals surface area contributed by atoms with Crippen molar-refractivity contribution >= 4 is 39.5 Å². The molecule has 0 unspecified atom stereocenters. The molecule has 0 bridgehead atoms. The molecule has 0 N–H and O–H groups in total. The largest absolute Gasteiger partial charge is 0.493 e. The number of carbonyl (C=O) groups excluding carboxylic acids is 1. The summed E-state index contributed by atoms with van der Waals surface area (Å²) in [6.45, 7) is 0.270. The Morgan fingerprint density at radius 2 is 2.04 bits per heavy atom. The zero-order chi connectivity index (χ0) is 20.0. The molecule has 7 heteroatoms. The summed E-state index contributed by atoms with van der Waals surface area (Å²) in [5.74, 6) is 0.607. The summed E-state index contributed by atoms with van der Waals surface area (Å²) in [6.07, 6.45) is 1.51. The van der Waals surface area contributed by atoms with Gasteiger partial charge in [0.1, 0.15) is 18.2 Å². The fourth-order valence-corrected chi connectivity index (χ4v) is 3.04. The smallest absolute Gasteiger partial charge is 0.264 e. The normalized spacial score (nSPS) is 10.9. The van der Waals surface area contributed by atoms with Gasteiger partial charge in [-0.3, -0.25) is 4.79 Å². The third-order valence-electron chi connectivity index (χ3n) is 3.65. The van der Waals surface area contributed by atoms with Crippen LogP contribution >= 0.6 is 27.5 Å². The van der Waals surface area contributed by atoms with Crippen LogP contribution in [0, 0.1) is 11.3 Å². The highest BCUT2D eigenvalue weighted by Crippen LogP contribution is 2.38. The number of methoxy groups -OCH3 is 1. The van der Waals surface area contributed by atoms with Crippen LogP contribution in [0.1, 0.15) is 11.1 Å². The van der Waals surface area contributed by atoms with Crippen molar-refractivity contribution in [3.63, 3.8) is 0 Å². The Morgan fingerprint density at radius 3 is 2.63 bits per heavy atom. The van der Waals surface area contributed by atoms with Crippen molar-refractivity contribution in [3.05, 3.63) is 62.6 Å². The average molecular weight is 450 g/mol. The first kappa shape index (κ1) is 20.8. The molecule has 0 saturated carbocycles. The van der Waals surface area contributed by atoms with E-state index in [1.807, 2.05) is 24.3 Å². The van der Waals surface area contributed by atoms with E-state index in [1.165, 1.54) is 18.1 Å². The first-order chi connectivity index (χ1) is 12.9. The highest BCUT2D eigenvalue weighted by atomic mass is 79.9. The Bertz CT molecular complexity index is 920. The molecule has 0 spiro atoms. The van der Waals surface area contributed by atoms with Crippen molar-refractivity contribution < 1.29 is 14.3 Å². The predicted octanol–water partition coefficient (Wildman–Crippen LogP) is 4.69. The van der Waals surface area contributed by atoms with Gasteiger partial charge >= 0.3 is 0 Å². The highest BCUT2D eigenvalue weighted by Gasteiger charge is 2.15. The quantitative estimate of drug-likeness (QED) is 0.474. The lowest BCUT2D eigenvalue weighted by Gasteiger charge is -2.14. The number of hydrogen-bond acceptors (Lipinski definition) is 4. The number of carbonyl (C=O) groups is 1. The lowest BCUT2D eigenvalue weighted by atomic mass is 10.1. The van der Waals surface area contributed by atoms with Crippen LogP contribution in [-0.4, -0.2) is 32.0 Å². The summed E-state index contributed by atoms with van der Waals surface area (Å²) in [5.41, 5.74) is 1.51. The lowest BCUT2D eigenvalue weighted by molar-refractivity contribution is -0.124. The fourth-order valence-electron chi connectivity index (χ4n) is 2.28. The molecule has 0 radical (unpaired) electrons. The SMILES string of the molecule is COc1cc(/C=C(\C#N)C(=O)N(C)C)cc(Br)c1OCc1ccccc1Cl. The monoisotopic (exact) mass is 448 g/mol. The maximum Gasteiger partial charge on any atom is 0.264 e. The summed E-state index contributed by atoms with van der Waals surface area (Å²) in [5, 5.41) is 9.87. The maximum atomic E-state index is 12.0. The Kier molecular flexibility index (Phi) is 7.28. The third kappa shape index (κ3) is 5.25. The molecular weight excluding hydrogens is 432 g/mol. The molecule has 27 heavy (non-hydrogen) atoms. The van der Waals surface area contributed by atoms with E-state index in [9.17, 15) is 10.1 Å². The van der Waals surface area contributed by atoms with E-state index in [-0.39, 0.29) is 18.1 Å². The fraction of sp³-hybridized carbons (Fsp3) is 0.200. The van der Waals surface area contributed by atoms with Crippen molar-refractivity contribution in [3.8, 4) is 17.6 Å². The number of ether oxygens (including phenoxy) is 2. The number of amides is 1. The average Bonchev–Trinajstić information content (AvgIpc) is 2.65.